The molecule has 0 aliphatic heterocycles. The number of hydrogen-bond acceptors (Lipinski definition) is 2. The Morgan fingerprint density at radius 3 is 2.00 bits per heavy atom. The van der Waals surface area contributed by atoms with Crippen molar-refractivity contribution in [3.05, 3.63) is 0 Å². The summed E-state index contributed by atoms with van der Waals surface area (Å²) >= 11 is 0. The molecule has 2 aliphatic rings. The minimum atomic E-state index is -0.389. The summed E-state index contributed by atoms with van der Waals surface area (Å²) in [6.45, 7) is 2.35. The van der Waals surface area contributed by atoms with Crippen LogP contribution in [0.25, 0.3) is 0 Å². The zero-order valence-electron chi connectivity index (χ0n) is 10.8. The third-order valence-corrected chi connectivity index (χ3v) is 5.07. The first kappa shape index (κ1) is 12.4. The largest absolute Gasteiger partial charge is 0.313 e. The summed E-state index contributed by atoms with van der Waals surface area (Å²) in [5, 5.41) is 0. The maximum Gasteiger partial charge on any atom is 0.0697 e. The molecule has 0 aromatic carbocycles. The van der Waals surface area contributed by atoms with Gasteiger partial charge in [0, 0.05) is 0 Å². The molecule has 94 valence electrons. The van der Waals surface area contributed by atoms with Gasteiger partial charge < -0.3 is 11.5 Å². The van der Waals surface area contributed by atoms with Crippen molar-refractivity contribution in [2.24, 2.45) is 29.2 Å². The Bertz CT molecular complexity index is 219. The van der Waals surface area contributed by atoms with Crippen molar-refractivity contribution in [3.8, 4) is 0 Å². The molecule has 0 heterocycles. The SMILES string of the molecule is CC1CCCCC1C(N)(N)C1CCCCC1. The van der Waals surface area contributed by atoms with Crippen LogP contribution in [0.3, 0.4) is 0 Å². The molecule has 2 fully saturated rings. The summed E-state index contributed by atoms with van der Waals surface area (Å²) in [7, 11) is 0. The van der Waals surface area contributed by atoms with Crippen molar-refractivity contribution in [3.63, 3.8) is 0 Å². The minimum Gasteiger partial charge on any atom is -0.313 e. The topological polar surface area (TPSA) is 52.0 Å². The van der Waals surface area contributed by atoms with Gasteiger partial charge in [-0.2, -0.15) is 0 Å². The van der Waals surface area contributed by atoms with Gasteiger partial charge in [0.05, 0.1) is 5.66 Å². The second-order valence-electron chi connectivity index (χ2n) is 6.20. The van der Waals surface area contributed by atoms with Crippen LogP contribution < -0.4 is 11.5 Å². The van der Waals surface area contributed by atoms with Crippen LogP contribution >= 0.6 is 0 Å². The molecular formula is C14H28N2. The molecular weight excluding hydrogens is 196 g/mol. The fraction of sp³-hybridized carbons (Fsp3) is 1.00. The first-order valence-electron chi connectivity index (χ1n) is 7.20. The highest BCUT2D eigenvalue weighted by Crippen LogP contribution is 2.41. The summed E-state index contributed by atoms with van der Waals surface area (Å²) in [4.78, 5) is 0. The molecule has 2 atom stereocenters. The summed E-state index contributed by atoms with van der Waals surface area (Å²) in [5.41, 5.74) is 12.7. The summed E-state index contributed by atoms with van der Waals surface area (Å²) in [6, 6.07) is 0. The molecule has 16 heavy (non-hydrogen) atoms. The maximum atomic E-state index is 6.53. The van der Waals surface area contributed by atoms with E-state index in [-0.39, 0.29) is 5.66 Å². The van der Waals surface area contributed by atoms with Gasteiger partial charge in [-0.1, -0.05) is 45.4 Å². The lowest BCUT2D eigenvalue weighted by molar-refractivity contribution is 0.0745. The van der Waals surface area contributed by atoms with Crippen LogP contribution in [0.2, 0.25) is 0 Å². The average Bonchev–Trinajstić information content (AvgIpc) is 2.30. The number of rotatable bonds is 2. The lowest BCUT2D eigenvalue weighted by Gasteiger charge is -2.46. The van der Waals surface area contributed by atoms with E-state index in [0.29, 0.717) is 11.8 Å². The minimum absolute atomic E-state index is 0.389. The van der Waals surface area contributed by atoms with Crippen LogP contribution in [0, 0.1) is 17.8 Å². The Labute approximate surface area is 100 Å². The summed E-state index contributed by atoms with van der Waals surface area (Å²) < 4.78 is 0. The van der Waals surface area contributed by atoms with E-state index >= 15 is 0 Å². The van der Waals surface area contributed by atoms with E-state index in [4.69, 9.17) is 11.5 Å². The highest BCUT2D eigenvalue weighted by Gasteiger charge is 2.42. The van der Waals surface area contributed by atoms with E-state index in [0.717, 1.165) is 5.92 Å². The Balaban J connectivity index is 2.03. The molecule has 0 saturated heterocycles. The highest BCUT2D eigenvalue weighted by atomic mass is 15.0. The molecule has 2 aliphatic carbocycles. The highest BCUT2D eigenvalue weighted by molar-refractivity contribution is 4.96. The van der Waals surface area contributed by atoms with Crippen molar-refractivity contribution in [1.29, 1.82) is 0 Å². The first-order chi connectivity index (χ1) is 7.62. The van der Waals surface area contributed by atoms with Gasteiger partial charge in [0.25, 0.3) is 0 Å². The monoisotopic (exact) mass is 224 g/mol. The van der Waals surface area contributed by atoms with E-state index in [2.05, 4.69) is 6.92 Å². The maximum absolute atomic E-state index is 6.53. The first-order valence-corrected chi connectivity index (χ1v) is 7.20. The van der Waals surface area contributed by atoms with Gasteiger partial charge in [0.1, 0.15) is 0 Å². The number of nitrogens with two attached hydrogens (primary N) is 2. The van der Waals surface area contributed by atoms with E-state index in [1.807, 2.05) is 0 Å². The molecule has 2 unspecified atom stereocenters. The second-order valence-corrected chi connectivity index (χ2v) is 6.20. The van der Waals surface area contributed by atoms with Crippen LogP contribution in [0.5, 0.6) is 0 Å². The summed E-state index contributed by atoms with van der Waals surface area (Å²) in [5.74, 6) is 1.86. The van der Waals surface area contributed by atoms with Gasteiger partial charge in [-0.25, -0.2) is 0 Å². The van der Waals surface area contributed by atoms with Crippen LogP contribution in [0.4, 0.5) is 0 Å². The van der Waals surface area contributed by atoms with Crippen LogP contribution in [0.1, 0.15) is 64.7 Å². The van der Waals surface area contributed by atoms with E-state index in [1.165, 1.54) is 57.8 Å². The normalized spacial score (nSPS) is 33.9. The molecule has 0 bridgehead atoms. The molecule has 2 rings (SSSR count). The van der Waals surface area contributed by atoms with Gasteiger partial charge in [-0.3, -0.25) is 0 Å². The molecule has 0 aromatic rings. The predicted octanol–water partition coefficient (Wildman–Crippen LogP) is 3.01. The van der Waals surface area contributed by atoms with Crippen LogP contribution in [0.15, 0.2) is 0 Å². The fourth-order valence-corrected chi connectivity index (χ4v) is 3.96. The van der Waals surface area contributed by atoms with Crippen molar-refractivity contribution >= 4 is 0 Å². The fourth-order valence-electron chi connectivity index (χ4n) is 3.96. The third-order valence-electron chi connectivity index (χ3n) is 5.07. The smallest absolute Gasteiger partial charge is 0.0697 e. The zero-order valence-corrected chi connectivity index (χ0v) is 10.8. The van der Waals surface area contributed by atoms with E-state index in [1.54, 1.807) is 0 Å². The van der Waals surface area contributed by atoms with Crippen molar-refractivity contribution in [1.82, 2.24) is 0 Å². The molecule has 2 heteroatoms. The Kier molecular flexibility index (Phi) is 3.91. The molecule has 0 spiro atoms. The third kappa shape index (κ3) is 2.43. The standard InChI is InChI=1S/C14H28N2/c1-11-7-5-6-10-13(11)14(15,16)12-8-3-2-4-9-12/h11-13H,2-10,15-16H2,1H3. The zero-order chi connectivity index (χ0) is 11.6. The van der Waals surface area contributed by atoms with E-state index in [9.17, 15) is 0 Å². The molecule has 2 nitrogen and oxygen atoms in total. The van der Waals surface area contributed by atoms with Crippen LogP contribution in [-0.2, 0) is 0 Å². The Hall–Kier alpha value is -0.0800. The van der Waals surface area contributed by atoms with Crippen molar-refractivity contribution in [2.75, 3.05) is 0 Å². The quantitative estimate of drug-likeness (QED) is 0.708. The lowest BCUT2D eigenvalue weighted by atomic mass is 9.66. The van der Waals surface area contributed by atoms with E-state index < -0.39 is 0 Å². The molecule has 0 radical (unpaired) electrons. The van der Waals surface area contributed by atoms with Crippen molar-refractivity contribution in [2.45, 2.75) is 70.4 Å². The number of hydrogen-bond donors (Lipinski definition) is 2. The second kappa shape index (κ2) is 5.05. The predicted molar refractivity (Wildman–Crippen MR) is 68.8 cm³/mol. The van der Waals surface area contributed by atoms with Gasteiger partial charge in [0.2, 0.25) is 0 Å². The Morgan fingerprint density at radius 2 is 1.38 bits per heavy atom. The van der Waals surface area contributed by atoms with Crippen molar-refractivity contribution < 1.29 is 0 Å². The van der Waals surface area contributed by atoms with Gasteiger partial charge in [-0.05, 0) is 37.0 Å². The summed E-state index contributed by atoms with van der Waals surface area (Å²) in [6.07, 6.45) is 11.9. The molecule has 2 saturated carbocycles. The Morgan fingerprint density at radius 1 is 0.812 bits per heavy atom. The molecule has 0 amide bonds. The van der Waals surface area contributed by atoms with Gasteiger partial charge in [-0.15, -0.1) is 0 Å². The molecule has 0 aromatic heterocycles. The van der Waals surface area contributed by atoms with Gasteiger partial charge >= 0.3 is 0 Å². The molecule has 4 N–H and O–H groups in total. The lowest BCUT2D eigenvalue weighted by Crippen LogP contribution is -2.63. The average molecular weight is 224 g/mol. The van der Waals surface area contributed by atoms with Gasteiger partial charge in [0.15, 0.2) is 0 Å². The van der Waals surface area contributed by atoms with Crippen LogP contribution in [-0.4, -0.2) is 5.66 Å².